The van der Waals surface area contributed by atoms with E-state index in [-0.39, 0.29) is 0 Å². The van der Waals surface area contributed by atoms with E-state index in [0.717, 1.165) is 38.8 Å². The van der Waals surface area contributed by atoms with Crippen molar-refractivity contribution in [3.8, 4) is 28.3 Å². The molecule has 0 spiro atoms. The molecule has 0 aliphatic rings. The molecule has 0 aliphatic carbocycles. The number of benzene rings is 7. The van der Waals surface area contributed by atoms with Crippen LogP contribution in [0.3, 0.4) is 0 Å². The Morgan fingerprint density at radius 2 is 1.33 bits per heavy atom. The molecule has 0 aliphatic heterocycles. The van der Waals surface area contributed by atoms with Gasteiger partial charge in [-0.05, 0) is 88.5 Å². The van der Waals surface area contributed by atoms with Gasteiger partial charge in [0.15, 0.2) is 0 Å². The van der Waals surface area contributed by atoms with Crippen LogP contribution in [-0.4, -0.2) is 14.5 Å². The van der Waals surface area contributed by atoms with Crippen LogP contribution in [0.1, 0.15) is 11.1 Å². The summed E-state index contributed by atoms with van der Waals surface area (Å²) in [6.45, 7) is 5.97. The number of para-hydroxylation sites is 2. The van der Waals surface area contributed by atoms with Gasteiger partial charge in [-0.15, -0.1) is 11.3 Å². The summed E-state index contributed by atoms with van der Waals surface area (Å²) < 4.78 is 4.88. The summed E-state index contributed by atoms with van der Waals surface area (Å²) in [6.07, 6.45) is 5.86. The number of fused-ring (bicyclic) bond motifs is 9. The topological polar surface area (TPSA) is 30.7 Å². The van der Waals surface area contributed by atoms with Crippen molar-refractivity contribution in [2.75, 3.05) is 0 Å². The van der Waals surface area contributed by atoms with Crippen LogP contribution in [0.15, 0.2) is 158 Å². The summed E-state index contributed by atoms with van der Waals surface area (Å²) in [6, 6.07) is 50.4. The second-order valence-corrected chi connectivity index (χ2v) is 14.2. The van der Waals surface area contributed by atoms with E-state index in [1.165, 1.54) is 58.4 Å². The predicted molar refractivity (Wildman–Crippen MR) is 219 cm³/mol. The van der Waals surface area contributed by atoms with Crippen LogP contribution in [0.5, 0.6) is 0 Å². The van der Waals surface area contributed by atoms with Crippen LogP contribution in [0.2, 0.25) is 0 Å². The van der Waals surface area contributed by atoms with Crippen LogP contribution >= 0.6 is 11.3 Å². The van der Waals surface area contributed by atoms with Gasteiger partial charge in [-0.3, -0.25) is 4.57 Å². The Bertz CT molecular complexity index is 3070. The Balaban J connectivity index is 1.16. The predicted octanol–water partition coefficient (Wildman–Crippen LogP) is 13.1. The number of rotatable bonds is 5. The van der Waals surface area contributed by atoms with Gasteiger partial charge >= 0.3 is 0 Å². The minimum Gasteiger partial charge on any atom is -0.278 e. The zero-order chi connectivity index (χ0) is 34.1. The van der Waals surface area contributed by atoms with E-state index in [0.29, 0.717) is 5.95 Å². The summed E-state index contributed by atoms with van der Waals surface area (Å²) in [5.41, 5.74) is 9.86. The first kappa shape index (κ1) is 29.5. The molecule has 0 radical (unpaired) electrons. The Morgan fingerprint density at radius 3 is 2.22 bits per heavy atom. The first-order valence-electron chi connectivity index (χ1n) is 17.2. The first-order chi connectivity index (χ1) is 25.1. The minimum atomic E-state index is 0.662. The molecule has 0 atom stereocenters. The molecule has 0 saturated heterocycles. The molecule has 10 aromatic rings. The Labute approximate surface area is 299 Å². The van der Waals surface area contributed by atoms with Gasteiger partial charge in [0.05, 0.1) is 22.2 Å². The van der Waals surface area contributed by atoms with Crippen LogP contribution in [0.25, 0.3) is 98.1 Å². The van der Waals surface area contributed by atoms with Gasteiger partial charge in [0.2, 0.25) is 5.95 Å². The number of thiophene rings is 1. The van der Waals surface area contributed by atoms with Gasteiger partial charge in [-0.1, -0.05) is 116 Å². The van der Waals surface area contributed by atoms with Crippen LogP contribution in [0, 0.1) is 6.92 Å². The SMILES string of the molecule is C=C/C=C\c1ccc(-c2nc(-n3c4ccccc4c4c5ccc(-c6ccc7sc8ccccc8c7c6)cc5ccc43)nc3ccccc23)cc1C. The van der Waals surface area contributed by atoms with Crippen LogP contribution < -0.4 is 0 Å². The highest BCUT2D eigenvalue weighted by Crippen LogP contribution is 2.40. The second kappa shape index (κ2) is 11.6. The van der Waals surface area contributed by atoms with Gasteiger partial charge in [0.1, 0.15) is 0 Å². The van der Waals surface area contributed by atoms with Crippen molar-refractivity contribution in [2.45, 2.75) is 6.92 Å². The standard InChI is InChI=1S/C47H31N3S/c1-3-4-11-30-18-19-34(26-29(30)2)46-37-13-5-8-15-40(37)48-47(49-46)50-41-16-9-6-14-38(41)45-35-23-20-31(27-33(35)21-24-42(45)50)32-22-25-44-39(28-32)36-12-7-10-17-43(36)51-44/h3-28H,1H2,2H3/b11-4-. The molecule has 3 nitrogen and oxygen atoms in total. The summed E-state index contributed by atoms with van der Waals surface area (Å²) in [5, 5.41) is 8.49. The summed E-state index contributed by atoms with van der Waals surface area (Å²) >= 11 is 1.86. The zero-order valence-electron chi connectivity index (χ0n) is 28.0. The molecule has 0 saturated carbocycles. The highest BCUT2D eigenvalue weighted by molar-refractivity contribution is 7.25. The number of allylic oxidation sites excluding steroid dienone is 2. The fourth-order valence-electron chi connectivity index (χ4n) is 7.66. The van der Waals surface area contributed by atoms with Gasteiger partial charge in [0.25, 0.3) is 0 Å². The fourth-order valence-corrected chi connectivity index (χ4v) is 8.75. The lowest BCUT2D eigenvalue weighted by atomic mass is 9.97. The number of aryl methyl sites for hydroxylation is 1. The van der Waals surface area contributed by atoms with E-state index in [1.807, 2.05) is 23.5 Å². The van der Waals surface area contributed by atoms with Crippen LogP contribution in [0.4, 0.5) is 0 Å². The largest absolute Gasteiger partial charge is 0.278 e. The highest BCUT2D eigenvalue weighted by atomic mass is 32.1. The Hall–Kier alpha value is -6.36. The first-order valence-corrected chi connectivity index (χ1v) is 18.0. The smallest absolute Gasteiger partial charge is 0.235 e. The van der Waals surface area contributed by atoms with Gasteiger partial charge in [-0.25, -0.2) is 9.97 Å². The van der Waals surface area contributed by atoms with E-state index in [2.05, 4.69) is 158 Å². The molecule has 240 valence electrons. The minimum absolute atomic E-state index is 0.662. The normalized spacial score (nSPS) is 12.0. The maximum atomic E-state index is 5.34. The van der Waals surface area contributed by atoms with Crippen molar-refractivity contribution in [1.82, 2.24) is 14.5 Å². The third-order valence-corrected chi connectivity index (χ3v) is 11.3. The van der Waals surface area contributed by atoms with Gasteiger partial charge < -0.3 is 0 Å². The lowest BCUT2D eigenvalue weighted by Crippen LogP contribution is -2.03. The van der Waals surface area contributed by atoms with Crippen molar-refractivity contribution >= 4 is 81.1 Å². The molecular weight excluding hydrogens is 639 g/mol. The maximum absolute atomic E-state index is 5.34. The van der Waals surface area contributed by atoms with Crippen molar-refractivity contribution in [3.05, 3.63) is 169 Å². The van der Waals surface area contributed by atoms with Crippen molar-refractivity contribution in [3.63, 3.8) is 0 Å². The molecule has 4 heteroatoms. The molecule has 0 fully saturated rings. The molecule has 0 bridgehead atoms. The quantitative estimate of drug-likeness (QED) is 0.171. The van der Waals surface area contributed by atoms with E-state index >= 15 is 0 Å². The molecule has 7 aromatic carbocycles. The fraction of sp³-hybridized carbons (Fsp3) is 0.0213. The third kappa shape index (κ3) is 4.72. The number of hydrogen-bond acceptors (Lipinski definition) is 3. The third-order valence-electron chi connectivity index (χ3n) is 10.1. The molecular formula is C47H31N3S. The second-order valence-electron chi connectivity index (χ2n) is 13.1. The lowest BCUT2D eigenvalue weighted by molar-refractivity contribution is 1.01. The van der Waals surface area contributed by atoms with Gasteiger partial charge in [-0.2, -0.15) is 0 Å². The summed E-state index contributed by atoms with van der Waals surface area (Å²) in [5.74, 6) is 0.662. The maximum Gasteiger partial charge on any atom is 0.235 e. The molecule has 3 aromatic heterocycles. The van der Waals surface area contributed by atoms with E-state index in [9.17, 15) is 0 Å². The average Bonchev–Trinajstić information content (AvgIpc) is 3.72. The Kier molecular flexibility index (Phi) is 6.73. The van der Waals surface area contributed by atoms with E-state index in [1.54, 1.807) is 6.08 Å². The molecule has 10 rings (SSSR count). The van der Waals surface area contributed by atoms with E-state index in [4.69, 9.17) is 9.97 Å². The monoisotopic (exact) mass is 669 g/mol. The summed E-state index contributed by atoms with van der Waals surface area (Å²) in [4.78, 5) is 10.5. The van der Waals surface area contributed by atoms with Crippen LogP contribution in [-0.2, 0) is 0 Å². The van der Waals surface area contributed by atoms with Crippen molar-refractivity contribution < 1.29 is 0 Å². The van der Waals surface area contributed by atoms with Crippen molar-refractivity contribution in [2.24, 2.45) is 0 Å². The zero-order valence-corrected chi connectivity index (χ0v) is 28.8. The molecule has 51 heavy (non-hydrogen) atoms. The number of hydrogen-bond donors (Lipinski definition) is 0. The lowest BCUT2D eigenvalue weighted by Gasteiger charge is -2.13. The van der Waals surface area contributed by atoms with Crippen molar-refractivity contribution in [1.29, 1.82) is 0 Å². The number of aromatic nitrogens is 3. The number of nitrogens with zero attached hydrogens (tertiary/aromatic N) is 3. The molecule has 0 amide bonds. The van der Waals surface area contributed by atoms with Gasteiger partial charge in [0, 0.05) is 41.9 Å². The van der Waals surface area contributed by atoms with E-state index < -0.39 is 0 Å². The summed E-state index contributed by atoms with van der Waals surface area (Å²) in [7, 11) is 0. The molecule has 0 unspecified atom stereocenters. The average molecular weight is 670 g/mol. The molecule has 0 N–H and O–H groups in total. The molecule has 3 heterocycles. The highest BCUT2D eigenvalue weighted by Gasteiger charge is 2.19. The Morgan fingerprint density at radius 1 is 0.588 bits per heavy atom.